The molecule has 2 amide bonds. The van der Waals surface area contributed by atoms with Crippen LogP contribution in [0.3, 0.4) is 0 Å². The fraction of sp³-hybridized carbons (Fsp3) is 0.231. The van der Waals surface area contributed by atoms with Crippen LogP contribution in [0.15, 0.2) is 48.8 Å². The molecule has 5 N–H and O–H groups in total. The lowest BCUT2D eigenvalue weighted by Crippen LogP contribution is -2.12. The third-order valence-corrected chi connectivity index (χ3v) is 5.47. The number of halogens is 1. The second kappa shape index (κ2) is 12.2. The highest BCUT2D eigenvalue weighted by Gasteiger charge is 2.11. The maximum absolute atomic E-state index is 11.3. The second-order valence-corrected chi connectivity index (χ2v) is 8.04. The van der Waals surface area contributed by atoms with Crippen LogP contribution in [0.1, 0.15) is 57.8 Å². The predicted octanol–water partition coefficient (Wildman–Crippen LogP) is 4.94. The van der Waals surface area contributed by atoms with E-state index < -0.39 is 11.8 Å². The number of primary amides is 2. The summed E-state index contributed by atoms with van der Waals surface area (Å²) in [6, 6.07) is 11.1. The number of hydrogen-bond donors (Lipinski definition) is 3. The number of alkyl halides is 1. The molecule has 7 nitrogen and oxygen atoms in total. The van der Waals surface area contributed by atoms with E-state index in [0.29, 0.717) is 33.1 Å². The number of nitrogens with two attached hydrogens (primary N) is 2. The number of fused-ring (bicyclic) bond motifs is 2. The van der Waals surface area contributed by atoms with Gasteiger partial charge in [0.15, 0.2) is 0 Å². The van der Waals surface area contributed by atoms with Crippen LogP contribution in [0, 0.1) is 13.8 Å². The first-order valence-corrected chi connectivity index (χ1v) is 10.9. The van der Waals surface area contributed by atoms with E-state index in [1.807, 2.05) is 38.1 Å². The summed E-state index contributed by atoms with van der Waals surface area (Å²) in [6.45, 7) is 3.77. The first-order chi connectivity index (χ1) is 15.2. The monoisotopic (exact) mass is 526 g/mol. The van der Waals surface area contributed by atoms with Crippen LogP contribution >= 0.6 is 15.9 Å². The van der Waals surface area contributed by atoms with Gasteiger partial charge in [0.05, 0.1) is 28.8 Å². The van der Waals surface area contributed by atoms with Gasteiger partial charge in [-0.15, -0.1) is 0 Å². The molecule has 2 heterocycles. The molecular weight excluding hydrogens is 496 g/mol. The molecule has 0 aliphatic carbocycles. The summed E-state index contributed by atoms with van der Waals surface area (Å²) in [5, 5.41) is 11.6. The molecule has 0 radical (unpaired) electrons. The fourth-order valence-electron chi connectivity index (χ4n) is 3.39. The lowest BCUT2D eigenvalue weighted by Gasteiger charge is -2.06. The van der Waals surface area contributed by atoms with Gasteiger partial charge in [0.1, 0.15) is 0 Å². The normalized spacial score (nSPS) is 10.0. The standard InChI is InChI=1S/C12H11BrN2O.C12H12N2O2.2CH4/c1-7-2-9-3-8(5-13)4-10(12(14)16)11(9)15-6-7;1-7-2-9-3-8(6-15)4-10(12(13)16)11(9)14-5-7;;/h2-4,6H,5H2,1H3,(H2,14,16);2-5,15H,6H2,1H3,(H2,13,16);2*1H4. The number of hydrogen-bond acceptors (Lipinski definition) is 5. The molecule has 0 aliphatic rings. The highest BCUT2D eigenvalue weighted by atomic mass is 79.9. The van der Waals surface area contributed by atoms with E-state index in [-0.39, 0.29) is 21.5 Å². The highest BCUT2D eigenvalue weighted by Crippen LogP contribution is 2.22. The van der Waals surface area contributed by atoms with E-state index in [1.165, 1.54) is 0 Å². The Morgan fingerprint density at radius 2 is 1.21 bits per heavy atom. The van der Waals surface area contributed by atoms with E-state index in [1.54, 1.807) is 24.5 Å². The molecule has 0 spiro atoms. The Morgan fingerprint density at radius 3 is 1.59 bits per heavy atom. The van der Waals surface area contributed by atoms with Crippen molar-refractivity contribution in [3.05, 3.63) is 82.2 Å². The summed E-state index contributed by atoms with van der Waals surface area (Å²) in [6.07, 6.45) is 3.43. The lowest BCUT2D eigenvalue weighted by molar-refractivity contribution is 0.0993. The van der Waals surface area contributed by atoms with Gasteiger partial charge in [-0.05, 0) is 72.5 Å². The fourth-order valence-corrected chi connectivity index (χ4v) is 3.71. The highest BCUT2D eigenvalue weighted by molar-refractivity contribution is 9.08. The number of rotatable bonds is 4. The van der Waals surface area contributed by atoms with Gasteiger partial charge >= 0.3 is 0 Å². The van der Waals surface area contributed by atoms with Gasteiger partial charge in [0.2, 0.25) is 0 Å². The van der Waals surface area contributed by atoms with Crippen molar-refractivity contribution < 1.29 is 14.7 Å². The van der Waals surface area contributed by atoms with Crippen molar-refractivity contribution in [3.8, 4) is 0 Å². The molecule has 4 rings (SSSR count). The minimum atomic E-state index is -0.531. The number of aromatic nitrogens is 2. The molecule has 4 aromatic rings. The van der Waals surface area contributed by atoms with Crippen molar-refractivity contribution >= 4 is 49.6 Å². The Balaban J connectivity index is 0.000000321. The number of carbonyl (C=O) groups is 2. The van der Waals surface area contributed by atoms with Gasteiger partial charge in [-0.25, -0.2) is 0 Å². The maximum atomic E-state index is 11.3. The molecule has 0 saturated carbocycles. The zero-order chi connectivity index (χ0) is 23.4. The average Bonchev–Trinajstić information content (AvgIpc) is 2.77. The van der Waals surface area contributed by atoms with Crippen molar-refractivity contribution in [2.45, 2.75) is 40.6 Å². The third-order valence-electron chi connectivity index (χ3n) is 4.83. The molecule has 0 saturated heterocycles. The van der Waals surface area contributed by atoms with Crippen LogP contribution in [0.2, 0.25) is 0 Å². The van der Waals surface area contributed by atoms with Crippen molar-refractivity contribution in [1.29, 1.82) is 0 Å². The molecule has 8 heteroatoms. The number of aliphatic hydroxyl groups excluding tert-OH is 1. The summed E-state index contributed by atoms with van der Waals surface area (Å²) in [4.78, 5) is 31.1. The smallest absolute Gasteiger partial charge is 0.250 e. The van der Waals surface area contributed by atoms with Gasteiger partial charge < -0.3 is 16.6 Å². The lowest BCUT2D eigenvalue weighted by atomic mass is 10.0. The van der Waals surface area contributed by atoms with Crippen LogP contribution < -0.4 is 11.5 Å². The van der Waals surface area contributed by atoms with Gasteiger partial charge in [-0.1, -0.05) is 30.8 Å². The number of carbonyl (C=O) groups excluding carboxylic acids is 2. The minimum absolute atomic E-state index is 0. The summed E-state index contributed by atoms with van der Waals surface area (Å²) in [7, 11) is 0. The summed E-state index contributed by atoms with van der Waals surface area (Å²) in [5.74, 6) is -0.971. The van der Waals surface area contributed by atoms with Crippen molar-refractivity contribution in [3.63, 3.8) is 0 Å². The van der Waals surface area contributed by atoms with E-state index >= 15 is 0 Å². The van der Waals surface area contributed by atoms with Crippen LogP contribution in [0.5, 0.6) is 0 Å². The van der Waals surface area contributed by atoms with Crippen molar-refractivity contribution in [2.75, 3.05) is 0 Å². The Kier molecular flexibility index (Phi) is 10.3. The number of benzene rings is 2. The summed E-state index contributed by atoms with van der Waals surface area (Å²) in [5.41, 5.74) is 16.4. The quantitative estimate of drug-likeness (QED) is 0.323. The molecule has 0 bridgehead atoms. The van der Waals surface area contributed by atoms with Crippen LogP contribution in [-0.2, 0) is 11.9 Å². The van der Waals surface area contributed by atoms with Crippen molar-refractivity contribution in [1.82, 2.24) is 9.97 Å². The first kappa shape index (κ1) is 28.7. The van der Waals surface area contributed by atoms with Gasteiger partial charge in [0.25, 0.3) is 11.8 Å². The number of aliphatic hydroxyl groups is 1. The molecule has 0 unspecified atom stereocenters. The number of aryl methyl sites for hydroxylation is 2. The predicted molar refractivity (Wildman–Crippen MR) is 142 cm³/mol. The Morgan fingerprint density at radius 1 is 0.794 bits per heavy atom. The topological polar surface area (TPSA) is 132 Å². The number of amides is 2. The Hall–Kier alpha value is -3.36. The van der Waals surface area contributed by atoms with Crippen LogP contribution in [0.25, 0.3) is 21.8 Å². The van der Waals surface area contributed by atoms with Gasteiger partial charge in [-0.3, -0.25) is 19.6 Å². The molecule has 0 fully saturated rings. The zero-order valence-electron chi connectivity index (χ0n) is 17.7. The Bertz CT molecular complexity index is 1240. The van der Waals surface area contributed by atoms with Gasteiger partial charge in [0, 0.05) is 28.5 Å². The SMILES string of the molecule is C.C.Cc1cnc2c(C(N)=O)cc(CBr)cc2c1.Cc1cnc2c(C(N)=O)cc(CO)cc2c1. The number of pyridine rings is 2. The molecule has 0 aliphatic heterocycles. The van der Waals surface area contributed by atoms with Gasteiger partial charge in [-0.2, -0.15) is 0 Å². The van der Waals surface area contributed by atoms with E-state index in [9.17, 15) is 9.59 Å². The summed E-state index contributed by atoms with van der Waals surface area (Å²) < 4.78 is 0. The van der Waals surface area contributed by atoms with Crippen LogP contribution in [-0.4, -0.2) is 26.9 Å². The van der Waals surface area contributed by atoms with E-state index in [0.717, 1.165) is 27.5 Å². The Labute approximate surface area is 208 Å². The molecule has 34 heavy (non-hydrogen) atoms. The maximum Gasteiger partial charge on any atom is 0.250 e. The van der Waals surface area contributed by atoms with Crippen molar-refractivity contribution in [2.24, 2.45) is 11.5 Å². The molecular formula is C26H31BrN4O3. The van der Waals surface area contributed by atoms with E-state index in [4.69, 9.17) is 16.6 Å². The average molecular weight is 527 g/mol. The third kappa shape index (κ3) is 6.36. The van der Waals surface area contributed by atoms with Crippen LogP contribution in [0.4, 0.5) is 0 Å². The largest absolute Gasteiger partial charge is 0.392 e. The number of nitrogens with zero attached hydrogens (tertiary/aromatic N) is 2. The zero-order valence-corrected chi connectivity index (χ0v) is 19.3. The first-order valence-electron chi connectivity index (χ1n) is 9.78. The summed E-state index contributed by atoms with van der Waals surface area (Å²) >= 11 is 3.37. The molecule has 2 aromatic heterocycles. The molecule has 0 atom stereocenters. The van der Waals surface area contributed by atoms with E-state index in [2.05, 4.69) is 25.9 Å². The minimum Gasteiger partial charge on any atom is -0.392 e. The molecule has 2 aromatic carbocycles. The molecule has 180 valence electrons. The second-order valence-electron chi connectivity index (χ2n) is 7.48.